The van der Waals surface area contributed by atoms with Gasteiger partial charge in [0.1, 0.15) is 97.7 Å². The van der Waals surface area contributed by atoms with E-state index in [4.69, 9.17) is 42.6 Å². The van der Waals surface area contributed by atoms with Crippen molar-refractivity contribution in [3.05, 3.63) is 0 Å². The molecule has 5 aliphatic heterocycles. The summed E-state index contributed by atoms with van der Waals surface area (Å²) in [6.07, 6.45) is -42.7. The van der Waals surface area contributed by atoms with Gasteiger partial charge in [-0.25, -0.2) is 4.79 Å². The van der Waals surface area contributed by atoms with Crippen LogP contribution in [0.15, 0.2) is 0 Å². The molecule has 0 unspecified atom stereocenters. The van der Waals surface area contributed by atoms with Crippen LogP contribution in [0.4, 0.5) is 0 Å². The van der Waals surface area contributed by atoms with E-state index in [-0.39, 0.29) is 0 Å². The first-order chi connectivity index (χ1) is 24.5. The number of hydrogen-bond acceptors (Lipinski definition) is 23. The van der Waals surface area contributed by atoms with Crippen LogP contribution < -0.4 is 0 Å². The fraction of sp³-hybridized carbons (Fsp3) is 0.964. The molecule has 0 bridgehead atoms. The zero-order valence-corrected chi connectivity index (χ0v) is 27.2. The molecule has 24 nitrogen and oxygen atoms in total. The Balaban J connectivity index is 1.43. The van der Waals surface area contributed by atoms with Gasteiger partial charge < -0.3 is 114 Å². The van der Waals surface area contributed by atoms with Crippen molar-refractivity contribution in [3.8, 4) is 0 Å². The van der Waals surface area contributed by atoms with Crippen LogP contribution in [0, 0.1) is 0 Å². The minimum absolute atomic E-state index is 0.493. The van der Waals surface area contributed by atoms with E-state index in [0.717, 1.165) is 0 Å². The Hall–Kier alpha value is -1.41. The topological polar surface area (TPSA) is 383 Å². The average Bonchev–Trinajstić information content (AvgIpc) is 3.11. The molecule has 52 heavy (non-hydrogen) atoms. The van der Waals surface area contributed by atoms with Gasteiger partial charge in [0.25, 0.3) is 0 Å². The van der Waals surface area contributed by atoms with Crippen molar-refractivity contribution in [2.24, 2.45) is 0 Å². The van der Waals surface area contributed by atoms with Crippen LogP contribution in [0.3, 0.4) is 0 Å². The molecule has 5 heterocycles. The minimum Gasteiger partial charge on any atom is -0.479 e. The Morgan fingerprint density at radius 1 is 0.558 bits per heavy atom. The van der Waals surface area contributed by atoms with Crippen LogP contribution in [0.2, 0.25) is 0 Å². The predicted octanol–water partition coefficient (Wildman–Crippen LogP) is -9.53. The number of rotatable bonds is 10. The predicted molar refractivity (Wildman–Crippen MR) is 154 cm³/mol. The molecule has 14 N–H and O–H groups in total. The lowest BCUT2D eigenvalue weighted by molar-refractivity contribution is -0.395. The summed E-state index contributed by atoms with van der Waals surface area (Å²) in [6, 6.07) is 0. The van der Waals surface area contributed by atoms with Gasteiger partial charge in [-0.1, -0.05) is 0 Å². The number of aliphatic hydroxyl groups is 13. The van der Waals surface area contributed by atoms with E-state index in [9.17, 15) is 76.3 Å². The highest BCUT2D eigenvalue weighted by Crippen LogP contribution is 2.35. The van der Waals surface area contributed by atoms with E-state index >= 15 is 0 Å². The second-order valence-electron chi connectivity index (χ2n) is 13.1. The number of hydrogen-bond donors (Lipinski definition) is 14. The summed E-state index contributed by atoms with van der Waals surface area (Å²) in [5.74, 6) is -1.78. The largest absolute Gasteiger partial charge is 0.479 e. The van der Waals surface area contributed by atoms with Crippen molar-refractivity contribution in [1.29, 1.82) is 0 Å². The lowest BCUT2D eigenvalue weighted by Crippen LogP contribution is -2.67. The average molecular weight is 767 g/mol. The van der Waals surface area contributed by atoms with Crippen LogP contribution >= 0.6 is 0 Å². The maximum Gasteiger partial charge on any atom is 0.335 e. The van der Waals surface area contributed by atoms with E-state index in [0.29, 0.717) is 0 Å². The summed E-state index contributed by atoms with van der Waals surface area (Å²) in [5, 5.41) is 145. The third-order valence-corrected chi connectivity index (χ3v) is 9.48. The smallest absolute Gasteiger partial charge is 0.335 e. The van der Waals surface area contributed by atoms with Gasteiger partial charge >= 0.3 is 5.97 Å². The molecule has 0 aromatic heterocycles. The molecule has 0 amide bonds. The number of ether oxygens (including phenoxy) is 9. The van der Waals surface area contributed by atoms with Crippen LogP contribution in [0.5, 0.6) is 0 Å². The molecule has 0 spiro atoms. The van der Waals surface area contributed by atoms with Crippen molar-refractivity contribution in [1.82, 2.24) is 0 Å². The monoisotopic (exact) mass is 766 g/mol. The maximum atomic E-state index is 12.3. The van der Waals surface area contributed by atoms with Gasteiger partial charge in [0, 0.05) is 0 Å². The molecule has 0 aromatic rings. The Morgan fingerprint density at radius 2 is 1.12 bits per heavy atom. The van der Waals surface area contributed by atoms with Gasteiger partial charge in [-0.05, 0) is 6.92 Å². The second kappa shape index (κ2) is 17.2. The van der Waals surface area contributed by atoms with E-state index in [1.807, 2.05) is 0 Å². The molecule has 0 aliphatic carbocycles. The number of carboxylic acid groups (broad SMARTS) is 1. The van der Waals surface area contributed by atoms with Crippen LogP contribution in [-0.4, -0.2) is 239 Å². The number of carboxylic acids is 1. The molecular formula is C28H46O24. The Labute approximate surface area is 293 Å². The summed E-state index contributed by atoms with van der Waals surface area (Å²) >= 11 is 0. The van der Waals surface area contributed by atoms with Crippen LogP contribution in [0.1, 0.15) is 6.92 Å². The van der Waals surface area contributed by atoms with Gasteiger partial charge in [0.2, 0.25) is 0 Å². The quantitative estimate of drug-likeness (QED) is 0.0981. The molecule has 0 radical (unpaired) electrons. The summed E-state index contributed by atoms with van der Waals surface area (Å²) in [6.45, 7) is -0.751. The Morgan fingerprint density at radius 3 is 1.75 bits per heavy atom. The third-order valence-electron chi connectivity index (χ3n) is 9.48. The number of aliphatic hydroxyl groups excluding tert-OH is 13. The van der Waals surface area contributed by atoms with Gasteiger partial charge in [-0.2, -0.15) is 0 Å². The highest BCUT2D eigenvalue weighted by Gasteiger charge is 2.56. The zero-order valence-electron chi connectivity index (χ0n) is 27.2. The Kier molecular flexibility index (Phi) is 13.8. The van der Waals surface area contributed by atoms with Crippen molar-refractivity contribution in [2.75, 3.05) is 19.8 Å². The van der Waals surface area contributed by atoms with E-state index < -0.39 is 167 Å². The number of carbonyl (C=O) groups is 1. The zero-order chi connectivity index (χ0) is 38.3. The SMILES string of the molecule is C[C@@H]1O[C@@H](O[C@H]2[C@H](O[C@@H]3OC[C@@H](O[C@@H]4OC[C@H](O)[C@H](O)[C@H]4O)[C@H](O)[C@H]3O[C@@H]3O[C@H](CO)[C@H](O)[C@H](O)[C@H]3O)[C@@H](O)[C@H](O)O[C@@H]2C(=O)O)[C@H](O)[C@H](O)[C@H]1O. The lowest BCUT2D eigenvalue weighted by Gasteiger charge is -2.49. The standard InChI is InChI=1S/C28H46O24/c1-5-9(31)13(35)16(38)26(46-5)52-21-19(18(40)24(43)49-22(21)23(41)42)50-28-20(51-27-17(39)14(36)11(33)7(2-29)47-27)12(34)8(4-45-28)48-25-15(37)10(32)6(30)3-44-25/h5-22,24-40,43H,2-4H2,1H3,(H,41,42)/t5-,6-,7+,8+,9-,10-,11-,12-,13+,14-,15+,16+,17+,18+,19+,20+,21-,22-,24+,25-,26-,27-,28-/m0/s1. The van der Waals surface area contributed by atoms with Crippen molar-refractivity contribution in [3.63, 3.8) is 0 Å². The highest BCUT2D eigenvalue weighted by molar-refractivity contribution is 5.73. The van der Waals surface area contributed by atoms with Crippen molar-refractivity contribution in [2.45, 2.75) is 148 Å². The molecule has 5 rings (SSSR count). The lowest BCUT2D eigenvalue weighted by atomic mass is 9.96. The highest BCUT2D eigenvalue weighted by atomic mass is 16.8. The fourth-order valence-corrected chi connectivity index (χ4v) is 6.32. The molecule has 24 heteroatoms. The number of aliphatic carboxylic acids is 1. The van der Waals surface area contributed by atoms with E-state index in [2.05, 4.69) is 0 Å². The van der Waals surface area contributed by atoms with E-state index in [1.165, 1.54) is 6.92 Å². The molecule has 5 aliphatic rings. The van der Waals surface area contributed by atoms with Gasteiger partial charge in [0.05, 0.1) is 25.9 Å². The fourth-order valence-electron chi connectivity index (χ4n) is 6.32. The molecular weight excluding hydrogens is 720 g/mol. The Bertz CT molecular complexity index is 1170. The third kappa shape index (κ3) is 8.38. The van der Waals surface area contributed by atoms with Crippen molar-refractivity contribution >= 4 is 5.97 Å². The second-order valence-corrected chi connectivity index (χ2v) is 13.1. The molecule has 5 fully saturated rings. The summed E-state index contributed by atoms with van der Waals surface area (Å²) in [4.78, 5) is 12.3. The molecule has 0 saturated carbocycles. The summed E-state index contributed by atoms with van der Waals surface area (Å²) in [5.41, 5.74) is 0. The summed E-state index contributed by atoms with van der Waals surface area (Å²) < 4.78 is 49.5. The molecule has 302 valence electrons. The summed E-state index contributed by atoms with van der Waals surface area (Å²) in [7, 11) is 0. The van der Waals surface area contributed by atoms with Crippen LogP contribution in [-0.2, 0) is 47.4 Å². The minimum atomic E-state index is -2.27. The molecule has 23 atom stereocenters. The first-order valence-electron chi connectivity index (χ1n) is 16.3. The van der Waals surface area contributed by atoms with Gasteiger partial charge in [0.15, 0.2) is 37.6 Å². The van der Waals surface area contributed by atoms with Gasteiger partial charge in [-0.15, -0.1) is 0 Å². The maximum absolute atomic E-state index is 12.3. The van der Waals surface area contributed by atoms with Gasteiger partial charge in [-0.3, -0.25) is 0 Å². The normalized spacial score (nSPS) is 53.4. The van der Waals surface area contributed by atoms with Crippen molar-refractivity contribution < 1.29 is 119 Å². The first-order valence-corrected chi connectivity index (χ1v) is 16.3. The molecule has 5 saturated heterocycles. The molecule has 0 aromatic carbocycles. The van der Waals surface area contributed by atoms with Crippen LogP contribution in [0.25, 0.3) is 0 Å². The first kappa shape index (κ1) is 41.7. The van der Waals surface area contributed by atoms with E-state index in [1.54, 1.807) is 0 Å².